The minimum atomic E-state index is -0.467. The second-order valence-electron chi connectivity index (χ2n) is 6.43. The van der Waals surface area contributed by atoms with Crippen LogP contribution in [0, 0.1) is 0 Å². The van der Waals surface area contributed by atoms with Crippen LogP contribution in [0.5, 0.6) is 0 Å². The summed E-state index contributed by atoms with van der Waals surface area (Å²) in [7, 11) is 1.48. The van der Waals surface area contributed by atoms with Crippen molar-refractivity contribution in [3.8, 4) is 0 Å². The van der Waals surface area contributed by atoms with Gasteiger partial charge >= 0.3 is 0 Å². The molecule has 0 aliphatic rings. The Morgan fingerprint density at radius 1 is 0.935 bits per heavy atom. The third-order valence-corrected chi connectivity index (χ3v) is 5.99. The van der Waals surface area contributed by atoms with E-state index in [2.05, 4.69) is 10.6 Å². The largest absolute Gasteiger partial charge is 0.332 e. The van der Waals surface area contributed by atoms with Gasteiger partial charge in [0, 0.05) is 12.6 Å². The highest BCUT2D eigenvalue weighted by molar-refractivity contribution is 7.12. The summed E-state index contributed by atoms with van der Waals surface area (Å²) in [6.45, 7) is -0.236. The first-order valence-electron chi connectivity index (χ1n) is 8.90. The number of halogens is 3. The van der Waals surface area contributed by atoms with Crippen molar-refractivity contribution < 1.29 is 14.4 Å². The molecule has 0 fully saturated rings. The van der Waals surface area contributed by atoms with E-state index in [-0.39, 0.29) is 28.7 Å². The Hall–Kier alpha value is -2.58. The summed E-state index contributed by atoms with van der Waals surface area (Å²) in [5, 5.41) is 7.95. The zero-order valence-electron chi connectivity index (χ0n) is 16.1. The third-order valence-electron chi connectivity index (χ3n) is 4.16. The number of likely N-dealkylation sites (N-methyl/N-ethyl adjacent to an activating group) is 1. The third kappa shape index (κ3) is 5.77. The van der Waals surface area contributed by atoms with E-state index in [1.807, 2.05) is 0 Å². The van der Waals surface area contributed by atoms with E-state index in [0.29, 0.717) is 20.6 Å². The second kappa shape index (κ2) is 10.2. The van der Waals surface area contributed by atoms with Crippen LogP contribution in [0.3, 0.4) is 0 Å². The molecule has 3 rings (SSSR count). The Labute approximate surface area is 197 Å². The van der Waals surface area contributed by atoms with Crippen molar-refractivity contribution in [1.29, 1.82) is 0 Å². The van der Waals surface area contributed by atoms with Gasteiger partial charge in [-0.05, 0) is 41.8 Å². The van der Waals surface area contributed by atoms with Crippen LogP contribution in [0.1, 0.15) is 20.0 Å². The molecule has 2 aromatic carbocycles. The van der Waals surface area contributed by atoms with Gasteiger partial charge in [0.05, 0.1) is 37.9 Å². The summed E-state index contributed by atoms with van der Waals surface area (Å²) >= 11 is 19.6. The number of benzene rings is 2. The zero-order chi connectivity index (χ0) is 22.5. The Morgan fingerprint density at radius 2 is 1.65 bits per heavy atom. The molecule has 0 saturated heterocycles. The number of anilines is 2. The van der Waals surface area contributed by atoms with Gasteiger partial charge in [-0.15, -0.1) is 11.3 Å². The van der Waals surface area contributed by atoms with Gasteiger partial charge in [0.15, 0.2) is 0 Å². The van der Waals surface area contributed by atoms with Gasteiger partial charge in [0.2, 0.25) is 5.91 Å². The van der Waals surface area contributed by atoms with Crippen molar-refractivity contribution in [2.75, 3.05) is 24.2 Å². The molecule has 160 valence electrons. The number of para-hydroxylation sites is 1. The molecule has 0 unspecified atom stereocenters. The highest BCUT2D eigenvalue weighted by Gasteiger charge is 2.18. The van der Waals surface area contributed by atoms with Crippen LogP contribution in [0.4, 0.5) is 11.4 Å². The highest BCUT2D eigenvalue weighted by atomic mass is 35.5. The minimum Gasteiger partial charge on any atom is -0.332 e. The average molecular weight is 497 g/mol. The smallest absolute Gasteiger partial charge is 0.265 e. The molecule has 0 saturated carbocycles. The molecule has 6 nitrogen and oxygen atoms in total. The van der Waals surface area contributed by atoms with E-state index in [1.165, 1.54) is 41.5 Å². The van der Waals surface area contributed by atoms with Crippen molar-refractivity contribution in [3.05, 3.63) is 79.4 Å². The quantitative estimate of drug-likeness (QED) is 0.461. The fourth-order valence-electron chi connectivity index (χ4n) is 2.65. The van der Waals surface area contributed by atoms with Crippen LogP contribution in [0.25, 0.3) is 0 Å². The number of amides is 3. The first-order chi connectivity index (χ1) is 14.8. The van der Waals surface area contributed by atoms with Crippen molar-refractivity contribution >= 4 is 75.2 Å². The minimum absolute atomic E-state index is 0.236. The molecular formula is C21H16Cl3N3O3S. The van der Waals surface area contributed by atoms with E-state index in [1.54, 1.807) is 35.7 Å². The van der Waals surface area contributed by atoms with Crippen LogP contribution in [0.2, 0.25) is 15.1 Å². The summed E-state index contributed by atoms with van der Waals surface area (Å²) in [4.78, 5) is 39.2. The number of nitrogens with one attached hydrogen (secondary N) is 2. The molecule has 0 bridgehead atoms. The molecule has 1 aromatic heterocycles. The highest BCUT2D eigenvalue weighted by Crippen LogP contribution is 2.30. The van der Waals surface area contributed by atoms with E-state index in [4.69, 9.17) is 34.8 Å². The predicted octanol–water partition coefficient (Wildman–Crippen LogP) is 5.67. The summed E-state index contributed by atoms with van der Waals surface area (Å²) in [6, 6.07) is 12.8. The zero-order valence-corrected chi connectivity index (χ0v) is 19.2. The van der Waals surface area contributed by atoms with Gasteiger partial charge in [0.1, 0.15) is 0 Å². The number of nitrogens with zero attached hydrogens (tertiary/aromatic N) is 1. The fraction of sp³-hybridized carbons (Fsp3) is 0.0952. The molecule has 10 heteroatoms. The predicted molar refractivity (Wildman–Crippen MR) is 126 cm³/mol. The lowest BCUT2D eigenvalue weighted by atomic mass is 10.1. The van der Waals surface area contributed by atoms with Gasteiger partial charge in [-0.3, -0.25) is 14.4 Å². The maximum absolute atomic E-state index is 12.8. The Morgan fingerprint density at radius 3 is 2.29 bits per heavy atom. The molecule has 3 amide bonds. The van der Waals surface area contributed by atoms with Crippen LogP contribution in [-0.2, 0) is 4.79 Å². The number of hydrogen-bond donors (Lipinski definition) is 2. The van der Waals surface area contributed by atoms with Crippen molar-refractivity contribution in [2.45, 2.75) is 0 Å². The Bertz CT molecular complexity index is 1120. The normalized spacial score (nSPS) is 10.5. The topological polar surface area (TPSA) is 78.5 Å². The van der Waals surface area contributed by atoms with Gasteiger partial charge in [0.25, 0.3) is 11.8 Å². The molecule has 0 radical (unpaired) electrons. The van der Waals surface area contributed by atoms with E-state index in [0.717, 1.165) is 0 Å². The summed E-state index contributed by atoms with van der Waals surface area (Å²) < 4.78 is 0. The second-order valence-corrected chi connectivity index (χ2v) is 8.60. The standard InChI is InChI=1S/C21H16Cl3N3O3S/c1-27(11-18(28)26-19-14(23)4-2-5-15(19)24)21(30)12-7-8-13(22)16(10-12)25-20(29)17-6-3-9-31-17/h2-10H,11H2,1H3,(H,25,29)(H,26,28). The van der Waals surface area contributed by atoms with Crippen molar-refractivity contribution in [3.63, 3.8) is 0 Å². The molecule has 31 heavy (non-hydrogen) atoms. The van der Waals surface area contributed by atoms with Crippen LogP contribution in [-0.4, -0.2) is 36.2 Å². The fourth-order valence-corrected chi connectivity index (χ4v) is 3.93. The molecule has 2 N–H and O–H groups in total. The number of rotatable bonds is 6. The van der Waals surface area contributed by atoms with Gasteiger partial charge in [-0.25, -0.2) is 0 Å². The monoisotopic (exact) mass is 495 g/mol. The number of carbonyl (C=O) groups is 3. The SMILES string of the molecule is CN(CC(=O)Nc1c(Cl)cccc1Cl)C(=O)c1ccc(Cl)c(NC(=O)c2cccs2)c1. The lowest BCUT2D eigenvalue weighted by molar-refractivity contribution is -0.116. The van der Waals surface area contributed by atoms with Crippen LogP contribution < -0.4 is 10.6 Å². The van der Waals surface area contributed by atoms with Crippen molar-refractivity contribution in [1.82, 2.24) is 4.90 Å². The number of thiophene rings is 1. The Balaban J connectivity index is 1.69. The van der Waals surface area contributed by atoms with E-state index >= 15 is 0 Å². The van der Waals surface area contributed by atoms with Gasteiger partial charge in [-0.2, -0.15) is 0 Å². The van der Waals surface area contributed by atoms with Crippen LogP contribution >= 0.6 is 46.1 Å². The summed E-state index contributed by atoms with van der Waals surface area (Å²) in [6.07, 6.45) is 0. The Kier molecular flexibility index (Phi) is 7.56. The van der Waals surface area contributed by atoms with Crippen molar-refractivity contribution in [2.24, 2.45) is 0 Å². The first-order valence-corrected chi connectivity index (χ1v) is 10.9. The lowest BCUT2D eigenvalue weighted by Crippen LogP contribution is -2.35. The summed E-state index contributed by atoms with van der Waals surface area (Å²) in [5.74, 6) is -1.22. The summed E-state index contributed by atoms with van der Waals surface area (Å²) in [5.41, 5.74) is 0.838. The molecule has 0 spiro atoms. The lowest BCUT2D eigenvalue weighted by Gasteiger charge is -2.18. The van der Waals surface area contributed by atoms with Gasteiger partial charge in [-0.1, -0.05) is 46.9 Å². The number of hydrogen-bond acceptors (Lipinski definition) is 4. The molecule has 0 atom stereocenters. The van der Waals surface area contributed by atoms with Crippen LogP contribution in [0.15, 0.2) is 53.9 Å². The van der Waals surface area contributed by atoms with E-state index < -0.39 is 11.8 Å². The van der Waals surface area contributed by atoms with E-state index in [9.17, 15) is 14.4 Å². The molecular weight excluding hydrogens is 481 g/mol. The average Bonchev–Trinajstić information content (AvgIpc) is 3.27. The molecule has 0 aliphatic heterocycles. The molecule has 0 aliphatic carbocycles. The number of carbonyl (C=O) groups excluding carboxylic acids is 3. The maximum atomic E-state index is 12.8. The molecule has 1 heterocycles. The van der Waals surface area contributed by atoms with Gasteiger partial charge < -0.3 is 15.5 Å². The first kappa shape index (κ1) is 23.1. The molecule has 3 aromatic rings. The maximum Gasteiger partial charge on any atom is 0.265 e.